The molecule has 3 N–H and O–H groups in total. The van der Waals surface area contributed by atoms with Gasteiger partial charge in [0.15, 0.2) is 0 Å². The first kappa shape index (κ1) is 36.5. The monoisotopic (exact) mass is 654 g/mol. The highest BCUT2D eigenvalue weighted by Gasteiger charge is 2.65. The van der Waals surface area contributed by atoms with Crippen molar-refractivity contribution in [2.45, 2.75) is 89.4 Å². The van der Waals surface area contributed by atoms with Gasteiger partial charge in [-0.05, 0) is 81.1 Å². The van der Waals surface area contributed by atoms with Gasteiger partial charge < -0.3 is 34.4 Å². The Labute approximate surface area is 279 Å². The van der Waals surface area contributed by atoms with E-state index in [1.165, 1.54) is 0 Å². The van der Waals surface area contributed by atoms with Crippen LogP contribution in [0.15, 0.2) is 60.3 Å². The molecule has 2 aliphatic carbocycles. The molecular formula is C37H54N2O8. The Kier molecular flexibility index (Phi) is 13.8. The number of amides is 1. The smallest absolute Gasteiger partial charge is 0.410 e. The second kappa shape index (κ2) is 17.7. The molecule has 1 aliphatic heterocycles. The molecule has 1 aromatic carbocycles. The maximum absolute atomic E-state index is 13.9. The van der Waals surface area contributed by atoms with E-state index in [1.807, 2.05) is 13.8 Å². The molecule has 6 atom stereocenters. The number of rotatable bonds is 19. The Morgan fingerprint density at radius 3 is 2.57 bits per heavy atom. The van der Waals surface area contributed by atoms with E-state index in [2.05, 4.69) is 24.4 Å². The molecule has 1 aromatic rings. The summed E-state index contributed by atoms with van der Waals surface area (Å²) in [6, 6.07) is 4.57. The van der Waals surface area contributed by atoms with Gasteiger partial charge in [-0.2, -0.15) is 0 Å². The van der Waals surface area contributed by atoms with Crippen molar-refractivity contribution in [3.63, 3.8) is 0 Å². The topological polar surface area (TPSA) is 130 Å². The Bertz CT molecular complexity index is 1260. The molecule has 0 radical (unpaired) electrons. The second-order valence-electron chi connectivity index (χ2n) is 12.6. The van der Waals surface area contributed by atoms with Gasteiger partial charge in [-0.25, -0.2) is 4.79 Å². The van der Waals surface area contributed by atoms with Crippen molar-refractivity contribution in [3.05, 3.63) is 60.7 Å². The predicted molar refractivity (Wildman–Crippen MR) is 181 cm³/mol. The number of aliphatic hydroxyl groups is 2. The molecule has 4 rings (SSSR count). The van der Waals surface area contributed by atoms with Crippen LogP contribution in [0.2, 0.25) is 0 Å². The van der Waals surface area contributed by atoms with Gasteiger partial charge in [-0.1, -0.05) is 43.1 Å². The zero-order chi connectivity index (χ0) is 33.8. The molecule has 47 heavy (non-hydrogen) atoms. The number of hydrogen-bond acceptors (Lipinski definition) is 9. The normalized spacial score (nSPS) is 26.8. The highest BCUT2D eigenvalue weighted by molar-refractivity contribution is 6.02. The molecule has 3 aliphatic rings. The van der Waals surface area contributed by atoms with Crippen LogP contribution in [0.25, 0.3) is 0 Å². The van der Waals surface area contributed by atoms with E-state index in [0.717, 1.165) is 42.5 Å². The van der Waals surface area contributed by atoms with Gasteiger partial charge in [0.1, 0.15) is 24.1 Å². The second-order valence-corrected chi connectivity index (χ2v) is 12.6. The average Bonchev–Trinajstić information content (AvgIpc) is 3.07. The summed E-state index contributed by atoms with van der Waals surface area (Å²) in [5, 5.41) is 34.8. The molecule has 1 amide bonds. The Hall–Kier alpha value is -3.34. The number of benzene rings is 1. The van der Waals surface area contributed by atoms with Crippen LogP contribution in [0.5, 0.6) is 11.5 Å². The van der Waals surface area contributed by atoms with Crippen molar-refractivity contribution in [1.29, 1.82) is 0 Å². The fraction of sp³-hybridized carbons (Fsp3) is 0.622. The first-order valence-electron chi connectivity index (χ1n) is 17.3. The van der Waals surface area contributed by atoms with Crippen LogP contribution in [-0.4, -0.2) is 83.4 Å². The first-order chi connectivity index (χ1) is 22.9. The lowest BCUT2D eigenvalue weighted by Gasteiger charge is -2.59. The van der Waals surface area contributed by atoms with Crippen LogP contribution < -0.4 is 4.74 Å². The number of carbonyl (C=O) groups is 1. The zero-order valence-corrected chi connectivity index (χ0v) is 28.1. The van der Waals surface area contributed by atoms with Crippen LogP contribution in [0, 0.1) is 17.8 Å². The molecule has 0 unspecified atom stereocenters. The van der Waals surface area contributed by atoms with E-state index >= 15 is 0 Å². The molecule has 260 valence electrons. The molecule has 0 aromatic heterocycles. The lowest BCUT2D eigenvalue weighted by atomic mass is 9.55. The number of ether oxygens (including phenoxy) is 3. The van der Waals surface area contributed by atoms with Crippen molar-refractivity contribution in [3.8, 4) is 11.5 Å². The van der Waals surface area contributed by atoms with Gasteiger partial charge in [0.2, 0.25) is 5.79 Å². The maximum atomic E-state index is 13.9. The molecule has 0 saturated heterocycles. The molecular weight excluding hydrogens is 600 g/mol. The minimum absolute atomic E-state index is 0.0939. The third kappa shape index (κ3) is 8.04. The quantitative estimate of drug-likeness (QED) is 0.0879. The maximum Gasteiger partial charge on any atom is 0.410 e. The van der Waals surface area contributed by atoms with Gasteiger partial charge in [0.25, 0.3) is 0 Å². The van der Waals surface area contributed by atoms with Crippen molar-refractivity contribution < 1.29 is 39.2 Å². The largest absolute Gasteiger partial charge is 0.508 e. The Balaban J connectivity index is 1.99. The third-order valence-corrected chi connectivity index (χ3v) is 9.58. The standard InChI is InChI=1S/C37H54N2O8/c1-5-9-22-44-36(43)39(18-6-2)33-25-31(38-46-8-4)29-23-26(14-10-12-19-40)28(15-11-13-20-41)34-30-24-27(42)16-17-32(30)47-37(33,35(29)34)45-21-7-3/h5,7,16-17,23-24,26,28,33-35,40-42H,1,3,6,8-15,18-22,25H2,2,4H3/t26-,28+,33-,34+,35+,37+/m0/s1. The molecule has 1 heterocycles. The average molecular weight is 655 g/mol. The molecule has 1 saturated carbocycles. The number of unbranched alkanes of at least 4 members (excludes halogenated alkanes) is 2. The van der Waals surface area contributed by atoms with Crippen LogP contribution >= 0.6 is 0 Å². The van der Waals surface area contributed by atoms with Gasteiger partial charge in [0.05, 0.1) is 24.8 Å². The van der Waals surface area contributed by atoms with Gasteiger partial charge >= 0.3 is 6.09 Å². The molecule has 1 fully saturated rings. The number of aliphatic hydroxyl groups excluding tert-OH is 2. The summed E-state index contributed by atoms with van der Waals surface area (Å²) in [7, 11) is 0. The molecule has 0 spiro atoms. The lowest BCUT2D eigenvalue weighted by Crippen LogP contribution is -2.70. The van der Waals surface area contributed by atoms with E-state index < -0.39 is 23.8 Å². The third-order valence-electron chi connectivity index (χ3n) is 9.58. The summed E-state index contributed by atoms with van der Waals surface area (Å²) in [5.41, 5.74) is 2.58. The van der Waals surface area contributed by atoms with Crippen molar-refractivity contribution in [1.82, 2.24) is 4.90 Å². The fourth-order valence-electron chi connectivity index (χ4n) is 7.73. The van der Waals surface area contributed by atoms with Crippen molar-refractivity contribution in [2.75, 3.05) is 39.6 Å². The van der Waals surface area contributed by atoms with Crippen LogP contribution in [0.4, 0.5) is 4.79 Å². The molecule has 10 nitrogen and oxygen atoms in total. The highest BCUT2D eigenvalue weighted by Crippen LogP contribution is 2.61. The lowest BCUT2D eigenvalue weighted by molar-refractivity contribution is -0.255. The number of phenolic OH excluding ortho intramolecular Hbond substituents is 1. The van der Waals surface area contributed by atoms with E-state index in [1.54, 1.807) is 35.3 Å². The van der Waals surface area contributed by atoms with E-state index in [-0.39, 0.29) is 49.9 Å². The SMILES string of the molecule is C=CCCOC(=O)N(CCC)[C@H]1CC(=NOCC)C2=C[C@H](CCCCO)[C@@H](CCCCO)[C@@H]3c4cc(O)ccc4O[C@@]1(OCC=C)[C@H]23. The van der Waals surface area contributed by atoms with Gasteiger partial charge in [-0.3, -0.25) is 4.90 Å². The number of carbonyl (C=O) groups excluding carboxylic acids is 1. The molecule has 0 bridgehead atoms. The van der Waals surface area contributed by atoms with Crippen LogP contribution in [-0.2, 0) is 14.3 Å². The number of hydrogen-bond donors (Lipinski definition) is 3. The summed E-state index contributed by atoms with van der Waals surface area (Å²) in [5.74, 6) is -0.966. The number of oxime groups is 1. The fourth-order valence-corrected chi connectivity index (χ4v) is 7.73. The molecule has 10 heteroatoms. The number of fused-ring (bicyclic) bond motifs is 2. The minimum Gasteiger partial charge on any atom is -0.508 e. The summed E-state index contributed by atoms with van der Waals surface area (Å²) in [6.07, 6.45) is 11.5. The number of allylic oxidation sites excluding steroid dienone is 1. The minimum atomic E-state index is -1.34. The van der Waals surface area contributed by atoms with E-state index in [0.29, 0.717) is 51.0 Å². The summed E-state index contributed by atoms with van der Waals surface area (Å²) in [4.78, 5) is 21.3. The number of phenols is 1. The summed E-state index contributed by atoms with van der Waals surface area (Å²) >= 11 is 0. The van der Waals surface area contributed by atoms with Crippen LogP contribution in [0.3, 0.4) is 0 Å². The first-order valence-corrected chi connectivity index (χ1v) is 17.3. The van der Waals surface area contributed by atoms with Gasteiger partial charge in [-0.15, -0.1) is 13.2 Å². The predicted octanol–water partition coefficient (Wildman–Crippen LogP) is 6.47. The van der Waals surface area contributed by atoms with E-state index in [4.69, 9.17) is 19.0 Å². The van der Waals surface area contributed by atoms with E-state index in [9.17, 15) is 20.1 Å². The zero-order valence-electron chi connectivity index (χ0n) is 28.1. The van der Waals surface area contributed by atoms with Gasteiger partial charge in [0, 0.05) is 37.7 Å². The summed E-state index contributed by atoms with van der Waals surface area (Å²) < 4.78 is 19.6. The number of nitrogens with zero attached hydrogens (tertiary/aromatic N) is 2. The van der Waals surface area contributed by atoms with Crippen LogP contribution in [0.1, 0.15) is 83.1 Å². The van der Waals surface area contributed by atoms with Crippen molar-refractivity contribution in [2.24, 2.45) is 22.9 Å². The number of aromatic hydroxyl groups is 1. The Morgan fingerprint density at radius 2 is 1.89 bits per heavy atom. The highest BCUT2D eigenvalue weighted by atomic mass is 16.7. The Morgan fingerprint density at radius 1 is 1.13 bits per heavy atom. The summed E-state index contributed by atoms with van der Waals surface area (Å²) in [6.45, 7) is 13.0. The van der Waals surface area contributed by atoms with Crippen molar-refractivity contribution >= 4 is 11.8 Å².